The topological polar surface area (TPSA) is 102 Å². The number of para-hydroxylation sites is 3. The number of hydrogen-bond donors (Lipinski definition) is 0. The van der Waals surface area contributed by atoms with Crippen molar-refractivity contribution < 1.29 is 18.3 Å². The molecule has 0 aliphatic carbocycles. The lowest BCUT2D eigenvalue weighted by molar-refractivity contribution is 0.122. The van der Waals surface area contributed by atoms with E-state index in [-0.39, 0.29) is 29.2 Å². The van der Waals surface area contributed by atoms with Crippen LogP contribution in [0.3, 0.4) is 0 Å². The molecular weight excluding hydrogens is 432 g/mol. The fraction of sp³-hybridized carbons (Fsp3) is 0.227. The third-order valence-corrected chi connectivity index (χ3v) is 5.08. The largest absolute Gasteiger partial charge is 0.423 e. The summed E-state index contributed by atoms with van der Waals surface area (Å²) in [5.74, 6) is -0.0426. The highest BCUT2D eigenvalue weighted by Gasteiger charge is 2.25. The Labute approximate surface area is 186 Å². The lowest BCUT2D eigenvalue weighted by atomic mass is 10.2. The first-order valence-electron chi connectivity index (χ1n) is 10.2. The van der Waals surface area contributed by atoms with Gasteiger partial charge >= 0.3 is 6.01 Å². The Bertz CT molecular complexity index is 1350. The third kappa shape index (κ3) is 4.04. The standard InChI is InChI=1S/C22H17F2N7O2/c23-18(24)19-26-15-6-2-3-7-16(15)31(19)21-27-20(30-9-11-32-12-10-30)28-22(29-21)33-17-8-4-1-5-14(17)13-25/h1-8,18H,9-12H2. The van der Waals surface area contributed by atoms with Gasteiger partial charge in [0.25, 0.3) is 6.43 Å². The zero-order valence-corrected chi connectivity index (χ0v) is 17.2. The van der Waals surface area contributed by atoms with Crippen LogP contribution in [0.25, 0.3) is 17.0 Å². The van der Waals surface area contributed by atoms with Crippen molar-refractivity contribution in [3.63, 3.8) is 0 Å². The van der Waals surface area contributed by atoms with Crippen molar-refractivity contribution in [1.82, 2.24) is 24.5 Å². The third-order valence-electron chi connectivity index (χ3n) is 5.08. The van der Waals surface area contributed by atoms with Gasteiger partial charge in [0.1, 0.15) is 11.8 Å². The molecule has 2 aromatic heterocycles. The SMILES string of the molecule is N#Cc1ccccc1Oc1nc(N2CCOCC2)nc(-n2c(C(F)F)nc3ccccc32)n1. The first-order chi connectivity index (χ1) is 16.1. The Hall–Kier alpha value is -4.17. The number of ether oxygens (including phenoxy) is 2. The molecular formula is C22H17F2N7O2. The molecule has 0 unspecified atom stereocenters. The minimum absolute atomic E-state index is 0.0556. The molecule has 0 radical (unpaired) electrons. The lowest BCUT2D eigenvalue weighted by Crippen LogP contribution is -2.37. The fourth-order valence-electron chi connectivity index (χ4n) is 3.53. The molecule has 3 heterocycles. The first kappa shape index (κ1) is 20.7. The second-order valence-corrected chi connectivity index (χ2v) is 7.12. The lowest BCUT2D eigenvalue weighted by Gasteiger charge is -2.27. The molecule has 0 N–H and O–H groups in total. The van der Waals surface area contributed by atoms with Crippen LogP contribution in [-0.4, -0.2) is 50.8 Å². The maximum absolute atomic E-state index is 13.9. The van der Waals surface area contributed by atoms with E-state index in [0.717, 1.165) is 0 Å². The number of nitrogens with zero attached hydrogens (tertiary/aromatic N) is 7. The smallest absolute Gasteiger partial charge is 0.328 e. The van der Waals surface area contributed by atoms with E-state index in [4.69, 9.17) is 9.47 Å². The summed E-state index contributed by atoms with van der Waals surface area (Å²) < 4.78 is 40.2. The van der Waals surface area contributed by atoms with E-state index in [1.807, 2.05) is 11.0 Å². The minimum atomic E-state index is -2.86. The van der Waals surface area contributed by atoms with Crippen molar-refractivity contribution >= 4 is 17.0 Å². The van der Waals surface area contributed by atoms with Crippen molar-refractivity contribution in [2.24, 2.45) is 0 Å². The van der Waals surface area contributed by atoms with Gasteiger partial charge < -0.3 is 14.4 Å². The number of anilines is 1. The molecule has 4 aromatic rings. The monoisotopic (exact) mass is 449 g/mol. The summed E-state index contributed by atoms with van der Waals surface area (Å²) >= 11 is 0. The van der Waals surface area contributed by atoms with Crippen molar-refractivity contribution in [1.29, 1.82) is 5.26 Å². The molecule has 0 spiro atoms. The van der Waals surface area contributed by atoms with Gasteiger partial charge in [-0.05, 0) is 24.3 Å². The highest BCUT2D eigenvalue weighted by atomic mass is 19.3. The first-order valence-corrected chi connectivity index (χ1v) is 10.2. The highest BCUT2D eigenvalue weighted by Crippen LogP contribution is 2.29. The average Bonchev–Trinajstić information content (AvgIpc) is 3.25. The molecule has 1 aliphatic heterocycles. The van der Waals surface area contributed by atoms with E-state index in [1.165, 1.54) is 4.57 Å². The predicted molar refractivity (Wildman–Crippen MR) is 114 cm³/mol. The molecule has 5 rings (SSSR count). The molecule has 0 atom stereocenters. The van der Waals surface area contributed by atoms with Gasteiger partial charge in [0.15, 0.2) is 5.82 Å². The van der Waals surface area contributed by atoms with Crippen LogP contribution in [0.1, 0.15) is 17.8 Å². The Morgan fingerprint density at radius 2 is 1.67 bits per heavy atom. The normalized spacial score (nSPS) is 13.9. The molecule has 9 nitrogen and oxygen atoms in total. The van der Waals surface area contributed by atoms with E-state index in [2.05, 4.69) is 19.9 Å². The minimum Gasteiger partial charge on any atom is -0.423 e. The molecule has 166 valence electrons. The second-order valence-electron chi connectivity index (χ2n) is 7.12. The van der Waals surface area contributed by atoms with Gasteiger partial charge in [0.2, 0.25) is 11.9 Å². The Morgan fingerprint density at radius 1 is 0.939 bits per heavy atom. The summed E-state index contributed by atoms with van der Waals surface area (Å²) in [5.41, 5.74) is 1.10. The zero-order valence-electron chi connectivity index (χ0n) is 17.2. The van der Waals surface area contributed by atoms with E-state index in [9.17, 15) is 14.0 Å². The van der Waals surface area contributed by atoms with Gasteiger partial charge in [0.05, 0.1) is 29.8 Å². The summed E-state index contributed by atoms with van der Waals surface area (Å²) in [6.45, 7) is 1.99. The van der Waals surface area contributed by atoms with Gasteiger partial charge in [-0.3, -0.25) is 4.57 Å². The average molecular weight is 449 g/mol. The van der Waals surface area contributed by atoms with Crippen LogP contribution in [0.15, 0.2) is 48.5 Å². The molecule has 1 saturated heterocycles. The van der Waals surface area contributed by atoms with Gasteiger partial charge in [0, 0.05) is 13.1 Å². The van der Waals surface area contributed by atoms with E-state index < -0.39 is 12.2 Å². The predicted octanol–water partition coefficient (Wildman–Crippen LogP) is 3.65. The molecule has 1 aliphatic rings. The summed E-state index contributed by atoms with van der Waals surface area (Å²) in [4.78, 5) is 19.1. The van der Waals surface area contributed by atoms with Gasteiger partial charge in [-0.1, -0.05) is 24.3 Å². The maximum atomic E-state index is 13.9. The van der Waals surface area contributed by atoms with E-state index in [0.29, 0.717) is 37.3 Å². The van der Waals surface area contributed by atoms with Crippen molar-refractivity contribution in [2.45, 2.75) is 6.43 Å². The number of imidazole rings is 1. The Kier molecular flexibility index (Phi) is 5.50. The number of aromatic nitrogens is 5. The number of benzene rings is 2. The van der Waals surface area contributed by atoms with Crippen LogP contribution >= 0.6 is 0 Å². The Balaban J connectivity index is 1.68. The van der Waals surface area contributed by atoms with Crippen LogP contribution in [0.4, 0.5) is 14.7 Å². The number of halogens is 2. The number of nitriles is 1. The van der Waals surface area contributed by atoms with Gasteiger partial charge in [-0.15, -0.1) is 0 Å². The number of rotatable bonds is 5. The van der Waals surface area contributed by atoms with E-state index >= 15 is 0 Å². The number of alkyl halides is 2. The van der Waals surface area contributed by atoms with Crippen molar-refractivity contribution in [3.8, 4) is 23.8 Å². The number of fused-ring (bicyclic) bond motifs is 1. The van der Waals surface area contributed by atoms with Crippen LogP contribution in [0.5, 0.6) is 11.8 Å². The van der Waals surface area contributed by atoms with E-state index in [1.54, 1.807) is 48.5 Å². The number of morpholine rings is 1. The van der Waals surface area contributed by atoms with Crippen LogP contribution in [-0.2, 0) is 4.74 Å². The van der Waals surface area contributed by atoms with Gasteiger partial charge in [-0.25, -0.2) is 13.8 Å². The molecule has 1 fully saturated rings. The summed E-state index contributed by atoms with van der Waals surface area (Å²) in [5, 5.41) is 9.37. The molecule has 2 aromatic carbocycles. The molecule has 33 heavy (non-hydrogen) atoms. The summed E-state index contributed by atoms with van der Waals surface area (Å²) in [7, 11) is 0. The van der Waals surface area contributed by atoms with Gasteiger partial charge in [-0.2, -0.15) is 20.2 Å². The Morgan fingerprint density at radius 3 is 2.45 bits per heavy atom. The molecule has 11 heteroatoms. The maximum Gasteiger partial charge on any atom is 0.328 e. The van der Waals surface area contributed by atoms with Crippen molar-refractivity contribution in [3.05, 3.63) is 59.9 Å². The van der Waals surface area contributed by atoms with Crippen molar-refractivity contribution in [2.75, 3.05) is 31.2 Å². The van der Waals surface area contributed by atoms with Crippen LogP contribution in [0, 0.1) is 11.3 Å². The van der Waals surface area contributed by atoms with Crippen LogP contribution in [0.2, 0.25) is 0 Å². The highest BCUT2D eigenvalue weighted by molar-refractivity contribution is 5.77. The van der Waals surface area contributed by atoms with Crippen LogP contribution < -0.4 is 9.64 Å². The zero-order chi connectivity index (χ0) is 22.8. The quantitative estimate of drug-likeness (QED) is 0.455. The second kappa shape index (κ2) is 8.76. The molecule has 0 bridgehead atoms. The number of hydrogen-bond acceptors (Lipinski definition) is 8. The summed E-state index contributed by atoms with van der Waals surface area (Å²) in [6.07, 6.45) is -2.86. The molecule has 0 saturated carbocycles. The molecule has 0 amide bonds. The summed E-state index contributed by atoms with van der Waals surface area (Å²) in [6, 6.07) is 15.3. The fourth-order valence-corrected chi connectivity index (χ4v) is 3.53.